The highest BCUT2D eigenvalue weighted by Gasteiger charge is 2.14. The third-order valence-electron chi connectivity index (χ3n) is 3.96. The van der Waals surface area contributed by atoms with Crippen LogP contribution in [0.25, 0.3) is 5.82 Å². The van der Waals surface area contributed by atoms with Gasteiger partial charge >= 0.3 is 0 Å². The maximum absolute atomic E-state index is 12.6. The minimum absolute atomic E-state index is 0.249. The van der Waals surface area contributed by atoms with Crippen LogP contribution in [-0.4, -0.2) is 27.8 Å². The summed E-state index contributed by atoms with van der Waals surface area (Å²) in [6.45, 7) is 5.80. The van der Waals surface area contributed by atoms with Crippen molar-refractivity contribution < 1.29 is 9.53 Å². The number of nitrogens with one attached hydrogen (secondary N) is 1. The summed E-state index contributed by atoms with van der Waals surface area (Å²) in [5.41, 5.74) is 3.91. The summed E-state index contributed by atoms with van der Waals surface area (Å²) in [5.74, 6) is 1.02. The van der Waals surface area contributed by atoms with Crippen LogP contribution < -0.4 is 10.1 Å². The molecule has 1 amide bonds. The lowest BCUT2D eigenvalue weighted by molar-refractivity contribution is 0.102. The summed E-state index contributed by atoms with van der Waals surface area (Å²) in [6, 6.07) is 9.22. The molecule has 2 heterocycles. The van der Waals surface area contributed by atoms with E-state index in [0.29, 0.717) is 22.8 Å². The molecule has 0 saturated heterocycles. The monoisotopic (exact) mass is 414 g/mol. The van der Waals surface area contributed by atoms with E-state index in [1.54, 1.807) is 30.1 Å². The number of aromatic nitrogens is 3. The van der Waals surface area contributed by atoms with Gasteiger partial charge in [0.1, 0.15) is 5.75 Å². The highest BCUT2D eigenvalue weighted by molar-refractivity contribution is 9.10. The van der Waals surface area contributed by atoms with Gasteiger partial charge in [0.2, 0.25) is 0 Å². The molecule has 0 fully saturated rings. The molecule has 0 aliphatic carbocycles. The first-order chi connectivity index (χ1) is 12.4. The van der Waals surface area contributed by atoms with Gasteiger partial charge < -0.3 is 10.1 Å². The van der Waals surface area contributed by atoms with E-state index in [-0.39, 0.29) is 5.91 Å². The molecule has 26 heavy (non-hydrogen) atoms. The van der Waals surface area contributed by atoms with Gasteiger partial charge in [0, 0.05) is 16.4 Å². The van der Waals surface area contributed by atoms with Crippen LogP contribution >= 0.6 is 15.9 Å². The van der Waals surface area contributed by atoms with Crippen LogP contribution in [0.3, 0.4) is 0 Å². The molecule has 0 spiro atoms. The number of carbonyl (C=O) groups is 1. The van der Waals surface area contributed by atoms with Crippen LogP contribution in [0.5, 0.6) is 5.75 Å². The van der Waals surface area contributed by atoms with E-state index in [4.69, 9.17) is 4.74 Å². The van der Waals surface area contributed by atoms with Gasteiger partial charge in [-0.1, -0.05) is 15.9 Å². The summed E-state index contributed by atoms with van der Waals surface area (Å²) in [5, 5.41) is 7.30. The van der Waals surface area contributed by atoms with Gasteiger partial charge in [-0.3, -0.25) is 4.79 Å². The Morgan fingerprint density at radius 2 is 1.96 bits per heavy atom. The molecule has 0 radical (unpaired) electrons. The van der Waals surface area contributed by atoms with Crippen LogP contribution in [-0.2, 0) is 0 Å². The number of nitrogens with zero attached hydrogens (tertiary/aromatic N) is 3. The van der Waals surface area contributed by atoms with Crippen molar-refractivity contribution in [1.82, 2.24) is 14.8 Å². The minimum atomic E-state index is -0.249. The molecule has 0 atom stereocenters. The lowest BCUT2D eigenvalue weighted by Crippen LogP contribution is -2.14. The van der Waals surface area contributed by atoms with E-state index in [1.165, 1.54) is 0 Å². The van der Waals surface area contributed by atoms with E-state index in [2.05, 4.69) is 31.3 Å². The molecular formula is C19H19BrN4O2. The molecule has 0 saturated carbocycles. The number of carbonyl (C=O) groups excluding carboxylic acids is 1. The normalized spacial score (nSPS) is 10.7. The number of aryl methyl sites for hydroxylation is 3. The number of ether oxygens (including phenoxy) is 1. The van der Waals surface area contributed by atoms with Crippen molar-refractivity contribution in [1.29, 1.82) is 0 Å². The fourth-order valence-electron chi connectivity index (χ4n) is 2.73. The molecule has 0 bridgehead atoms. The summed E-state index contributed by atoms with van der Waals surface area (Å²) < 4.78 is 8.00. The third-order valence-corrected chi connectivity index (χ3v) is 4.42. The summed E-state index contributed by atoms with van der Waals surface area (Å²) in [6.07, 6.45) is 1.54. The number of methoxy groups -OCH3 is 1. The second-order valence-electron chi connectivity index (χ2n) is 6.00. The van der Waals surface area contributed by atoms with Crippen molar-refractivity contribution in [2.75, 3.05) is 12.4 Å². The van der Waals surface area contributed by atoms with E-state index >= 15 is 0 Å². The second-order valence-corrected chi connectivity index (χ2v) is 6.91. The predicted octanol–water partition coefficient (Wildman–Crippen LogP) is 4.22. The number of benzene rings is 1. The number of amides is 1. The molecule has 7 heteroatoms. The van der Waals surface area contributed by atoms with Crippen molar-refractivity contribution in [3.63, 3.8) is 0 Å². The average molecular weight is 415 g/mol. The fraction of sp³-hybridized carbons (Fsp3) is 0.211. The molecule has 0 unspecified atom stereocenters. The molecule has 0 aliphatic heterocycles. The van der Waals surface area contributed by atoms with Crippen molar-refractivity contribution in [3.05, 3.63) is 63.5 Å². The Hall–Kier alpha value is -2.67. The van der Waals surface area contributed by atoms with Crippen LogP contribution in [0.15, 0.2) is 41.0 Å². The molecule has 6 nitrogen and oxygen atoms in total. The lowest BCUT2D eigenvalue weighted by Gasteiger charge is -2.14. The number of anilines is 1. The molecule has 2 aromatic heterocycles. The average Bonchev–Trinajstić information content (AvgIpc) is 2.95. The molecule has 3 aromatic rings. The van der Waals surface area contributed by atoms with Gasteiger partial charge in [-0.15, -0.1) is 0 Å². The first-order valence-electron chi connectivity index (χ1n) is 8.04. The maximum Gasteiger partial charge on any atom is 0.257 e. The molecule has 0 aliphatic rings. The van der Waals surface area contributed by atoms with Crippen molar-refractivity contribution in [2.45, 2.75) is 20.8 Å². The zero-order chi connectivity index (χ0) is 18.8. The lowest BCUT2D eigenvalue weighted by atomic mass is 10.1. The topological polar surface area (TPSA) is 69.0 Å². The summed E-state index contributed by atoms with van der Waals surface area (Å²) in [4.78, 5) is 17.0. The van der Waals surface area contributed by atoms with Crippen LogP contribution in [0.2, 0.25) is 0 Å². The predicted molar refractivity (Wildman–Crippen MR) is 104 cm³/mol. The smallest absolute Gasteiger partial charge is 0.257 e. The van der Waals surface area contributed by atoms with Crippen LogP contribution in [0, 0.1) is 20.8 Å². The summed E-state index contributed by atoms with van der Waals surface area (Å²) >= 11 is 3.43. The Bertz CT molecular complexity index is 964. The van der Waals surface area contributed by atoms with E-state index in [9.17, 15) is 4.79 Å². The van der Waals surface area contributed by atoms with Gasteiger partial charge in [-0.2, -0.15) is 5.10 Å². The van der Waals surface area contributed by atoms with Crippen molar-refractivity contribution in [2.24, 2.45) is 0 Å². The largest absolute Gasteiger partial charge is 0.495 e. The standard InChI is InChI=1S/C19H19BrN4O2/c1-11-7-15(20)9-16(26-4)18(11)22-19(25)14-5-6-17(21-10-14)24-13(3)8-12(2)23-24/h5-10H,1-4H3,(H,22,25). The first kappa shape index (κ1) is 18.1. The molecule has 1 N–H and O–H groups in total. The first-order valence-corrected chi connectivity index (χ1v) is 8.83. The van der Waals surface area contributed by atoms with Crippen LogP contribution in [0.1, 0.15) is 27.3 Å². The quantitative estimate of drug-likeness (QED) is 0.693. The molecule has 1 aromatic carbocycles. The zero-order valence-electron chi connectivity index (χ0n) is 15.0. The van der Waals surface area contributed by atoms with E-state index in [1.807, 2.05) is 39.0 Å². The second kappa shape index (κ2) is 7.29. The Morgan fingerprint density at radius 1 is 1.19 bits per heavy atom. The number of hydrogen-bond donors (Lipinski definition) is 1. The third kappa shape index (κ3) is 3.62. The van der Waals surface area contributed by atoms with Gasteiger partial charge in [-0.25, -0.2) is 9.67 Å². The van der Waals surface area contributed by atoms with Gasteiger partial charge in [0.05, 0.1) is 24.1 Å². The van der Waals surface area contributed by atoms with Crippen LogP contribution in [0.4, 0.5) is 5.69 Å². The fourth-order valence-corrected chi connectivity index (χ4v) is 3.28. The Kier molecular flexibility index (Phi) is 5.08. The Morgan fingerprint density at radius 3 is 2.54 bits per heavy atom. The molecule has 3 rings (SSSR count). The van der Waals surface area contributed by atoms with Crippen molar-refractivity contribution >= 4 is 27.5 Å². The number of halogens is 1. The van der Waals surface area contributed by atoms with Gasteiger partial charge in [0.25, 0.3) is 5.91 Å². The maximum atomic E-state index is 12.6. The number of pyridine rings is 1. The SMILES string of the molecule is COc1cc(Br)cc(C)c1NC(=O)c1ccc(-n2nc(C)cc2C)nc1. The van der Waals surface area contributed by atoms with E-state index < -0.39 is 0 Å². The highest BCUT2D eigenvalue weighted by Crippen LogP contribution is 2.32. The number of rotatable bonds is 4. The van der Waals surface area contributed by atoms with Gasteiger partial charge in [-0.05, 0) is 56.7 Å². The Balaban J connectivity index is 1.84. The summed E-state index contributed by atoms with van der Waals surface area (Å²) in [7, 11) is 1.57. The van der Waals surface area contributed by atoms with Crippen molar-refractivity contribution in [3.8, 4) is 11.6 Å². The zero-order valence-corrected chi connectivity index (χ0v) is 16.6. The van der Waals surface area contributed by atoms with Gasteiger partial charge in [0.15, 0.2) is 5.82 Å². The minimum Gasteiger partial charge on any atom is -0.495 e. The molecular weight excluding hydrogens is 396 g/mol. The highest BCUT2D eigenvalue weighted by atomic mass is 79.9. The molecule has 134 valence electrons. The number of hydrogen-bond acceptors (Lipinski definition) is 4. The van der Waals surface area contributed by atoms with E-state index in [0.717, 1.165) is 21.4 Å². The Labute approximate surface area is 160 Å².